The Balaban J connectivity index is 1.70. The molecule has 3 heteroatoms. The number of rotatable bonds is 3. The SMILES string of the molecule is Cc1cc(C)c(Cc2cccc(-c3ncc4ccccc4n3)n2)c(C)c1. The second kappa shape index (κ2) is 6.68. The topological polar surface area (TPSA) is 38.7 Å². The molecule has 2 heterocycles. The summed E-state index contributed by atoms with van der Waals surface area (Å²) in [6.45, 7) is 6.48. The molecule has 0 aliphatic carbocycles. The summed E-state index contributed by atoms with van der Waals surface area (Å²) in [5.41, 5.74) is 8.07. The van der Waals surface area contributed by atoms with Crippen molar-refractivity contribution < 1.29 is 0 Å². The van der Waals surface area contributed by atoms with E-state index in [4.69, 9.17) is 4.98 Å². The summed E-state index contributed by atoms with van der Waals surface area (Å²) in [6, 6.07) is 18.6. The first-order valence-electron chi connectivity index (χ1n) is 8.85. The largest absolute Gasteiger partial charge is 0.249 e. The summed E-state index contributed by atoms with van der Waals surface area (Å²) in [4.78, 5) is 14.0. The minimum absolute atomic E-state index is 0.669. The first kappa shape index (κ1) is 16.4. The van der Waals surface area contributed by atoms with Crippen molar-refractivity contribution in [3.63, 3.8) is 0 Å². The Labute approximate surface area is 153 Å². The molecule has 0 aliphatic heterocycles. The van der Waals surface area contributed by atoms with Crippen LogP contribution in [0.15, 0.2) is 60.8 Å². The second-order valence-electron chi connectivity index (χ2n) is 6.82. The highest BCUT2D eigenvalue weighted by Crippen LogP contribution is 2.21. The van der Waals surface area contributed by atoms with Crippen LogP contribution in [-0.2, 0) is 6.42 Å². The van der Waals surface area contributed by atoms with Crippen LogP contribution < -0.4 is 0 Å². The molecule has 128 valence electrons. The summed E-state index contributed by atoms with van der Waals surface area (Å²) in [5, 5.41) is 1.04. The lowest BCUT2D eigenvalue weighted by atomic mass is 9.96. The summed E-state index contributed by atoms with van der Waals surface area (Å²) in [7, 11) is 0. The quantitative estimate of drug-likeness (QED) is 0.514. The molecule has 4 rings (SSSR count). The van der Waals surface area contributed by atoms with E-state index in [1.807, 2.05) is 42.6 Å². The van der Waals surface area contributed by atoms with Crippen molar-refractivity contribution in [2.24, 2.45) is 0 Å². The highest BCUT2D eigenvalue weighted by molar-refractivity contribution is 5.79. The van der Waals surface area contributed by atoms with Crippen LogP contribution in [0.2, 0.25) is 0 Å². The molecular formula is C23H21N3. The molecule has 0 spiro atoms. The van der Waals surface area contributed by atoms with Gasteiger partial charge < -0.3 is 0 Å². The van der Waals surface area contributed by atoms with Gasteiger partial charge in [0.1, 0.15) is 5.69 Å². The molecule has 0 saturated carbocycles. The number of nitrogens with zero attached hydrogens (tertiary/aromatic N) is 3. The van der Waals surface area contributed by atoms with Crippen molar-refractivity contribution in [2.45, 2.75) is 27.2 Å². The molecule has 3 nitrogen and oxygen atoms in total. The van der Waals surface area contributed by atoms with E-state index in [0.717, 1.165) is 28.7 Å². The fraction of sp³-hybridized carbons (Fsp3) is 0.174. The van der Waals surface area contributed by atoms with Gasteiger partial charge in [0.25, 0.3) is 0 Å². The van der Waals surface area contributed by atoms with Crippen molar-refractivity contribution in [3.8, 4) is 11.5 Å². The summed E-state index contributed by atoms with van der Waals surface area (Å²) < 4.78 is 0. The molecule has 0 amide bonds. The van der Waals surface area contributed by atoms with Gasteiger partial charge in [-0.15, -0.1) is 0 Å². The molecule has 0 bridgehead atoms. The van der Waals surface area contributed by atoms with E-state index in [9.17, 15) is 0 Å². The zero-order chi connectivity index (χ0) is 18.1. The van der Waals surface area contributed by atoms with E-state index in [2.05, 4.69) is 48.9 Å². The van der Waals surface area contributed by atoms with Gasteiger partial charge in [-0.2, -0.15) is 0 Å². The minimum atomic E-state index is 0.669. The molecule has 0 aliphatic rings. The van der Waals surface area contributed by atoms with Crippen molar-refractivity contribution in [1.82, 2.24) is 15.0 Å². The third-order valence-corrected chi connectivity index (χ3v) is 4.72. The number of para-hydroxylation sites is 1. The van der Waals surface area contributed by atoms with E-state index in [1.165, 1.54) is 22.3 Å². The number of hydrogen-bond acceptors (Lipinski definition) is 3. The van der Waals surface area contributed by atoms with E-state index in [0.29, 0.717) is 5.82 Å². The molecule has 2 aromatic heterocycles. The van der Waals surface area contributed by atoms with E-state index in [1.54, 1.807) is 0 Å². The Morgan fingerprint density at radius 3 is 2.38 bits per heavy atom. The number of aromatic nitrogens is 3. The smallest absolute Gasteiger partial charge is 0.178 e. The molecule has 0 atom stereocenters. The van der Waals surface area contributed by atoms with Gasteiger partial charge in [-0.05, 0) is 55.7 Å². The number of benzene rings is 2. The van der Waals surface area contributed by atoms with Crippen molar-refractivity contribution in [1.29, 1.82) is 0 Å². The number of hydrogen-bond donors (Lipinski definition) is 0. The van der Waals surface area contributed by atoms with Gasteiger partial charge >= 0.3 is 0 Å². The Morgan fingerprint density at radius 2 is 1.58 bits per heavy atom. The predicted octanol–water partition coefficient (Wildman–Crippen LogP) is 5.21. The minimum Gasteiger partial charge on any atom is -0.249 e. The van der Waals surface area contributed by atoms with Gasteiger partial charge in [0.2, 0.25) is 0 Å². The maximum absolute atomic E-state index is 4.82. The van der Waals surface area contributed by atoms with Crippen LogP contribution in [0.1, 0.15) is 27.9 Å². The van der Waals surface area contributed by atoms with Gasteiger partial charge in [0.05, 0.1) is 5.52 Å². The normalized spacial score (nSPS) is 11.0. The Bertz CT molecular complexity index is 1080. The van der Waals surface area contributed by atoms with Gasteiger partial charge in [0.15, 0.2) is 5.82 Å². The monoisotopic (exact) mass is 339 g/mol. The van der Waals surface area contributed by atoms with Crippen molar-refractivity contribution >= 4 is 10.9 Å². The van der Waals surface area contributed by atoms with Crippen LogP contribution >= 0.6 is 0 Å². The van der Waals surface area contributed by atoms with Crippen LogP contribution in [0.3, 0.4) is 0 Å². The zero-order valence-electron chi connectivity index (χ0n) is 15.3. The Hall–Kier alpha value is -3.07. The van der Waals surface area contributed by atoms with Gasteiger partial charge in [0, 0.05) is 23.7 Å². The van der Waals surface area contributed by atoms with Crippen molar-refractivity contribution in [3.05, 3.63) is 88.7 Å². The standard InChI is InChI=1S/C23H21N3/c1-15-11-16(2)20(17(3)12-15)13-19-8-6-10-22(25-19)23-24-14-18-7-4-5-9-21(18)26-23/h4-12,14H,13H2,1-3H3. The number of aryl methyl sites for hydroxylation is 3. The van der Waals surface area contributed by atoms with Crippen LogP contribution in [0.4, 0.5) is 0 Å². The van der Waals surface area contributed by atoms with E-state index >= 15 is 0 Å². The molecular weight excluding hydrogens is 318 g/mol. The highest BCUT2D eigenvalue weighted by Gasteiger charge is 2.09. The van der Waals surface area contributed by atoms with Gasteiger partial charge in [-0.25, -0.2) is 15.0 Å². The molecule has 26 heavy (non-hydrogen) atoms. The van der Waals surface area contributed by atoms with Crippen LogP contribution in [0, 0.1) is 20.8 Å². The lowest BCUT2D eigenvalue weighted by molar-refractivity contribution is 1.03. The van der Waals surface area contributed by atoms with Crippen LogP contribution in [0.5, 0.6) is 0 Å². The molecule has 4 aromatic rings. The molecule has 0 saturated heterocycles. The van der Waals surface area contributed by atoms with Crippen molar-refractivity contribution in [2.75, 3.05) is 0 Å². The van der Waals surface area contributed by atoms with Crippen LogP contribution in [-0.4, -0.2) is 15.0 Å². The predicted molar refractivity (Wildman–Crippen MR) is 106 cm³/mol. The lowest BCUT2D eigenvalue weighted by Crippen LogP contribution is -2.00. The fourth-order valence-electron chi connectivity index (χ4n) is 3.47. The second-order valence-corrected chi connectivity index (χ2v) is 6.82. The number of pyridine rings is 1. The average Bonchev–Trinajstić information content (AvgIpc) is 2.64. The summed E-state index contributed by atoms with van der Waals surface area (Å²) in [5.74, 6) is 0.669. The summed E-state index contributed by atoms with van der Waals surface area (Å²) in [6.07, 6.45) is 2.68. The van der Waals surface area contributed by atoms with Gasteiger partial charge in [-0.1, -0.05) is 42.0 Å². The molecule has 2 aromatic carbocycles. The fourth-order valence-corrected chi connectivity index (χ4v) is 3.47. The zero-order valence-corrected chi connectivity index (χ0v) is 15.3. The van der Waals surface area contributed by atoms with Crippen LogP contribution in [0.25, 0.3) is 22.4 Å². The maximum Gasteiger partial charge on any atom is 0.178 e. The maximum atomic E-state index is 4.82. The molecule has 0 radical (unpaired) electrons. The van der Waals surface area contributed by atoms with Gasteiger partial charge in [-0.3, -0.25) is 0 Å². The summed E-state index contributed by atoms with van der Waals surface area (Å²) >= 11 is 0. The lowest BCUT2D eigenvalue weighted by Gasteiger charge is -2.11. The van der Waals surface area contributed by atoms with E-state index in [-0.39, 0.29) is 0 Å². The Kier molecular flexibility index (Phi) is 4.21. The first-order valence-corrected chi connectivity index (χ1v) is 8.85. The molecule has 0 unspecified atom stereocenters. The highest BCUT2D eigenvalue weighted by atomic mass is 14.9. The molecule has 0 fully saturated rings. The number of fused-ring (bicyclic) bond motifs is 1. The third kappa shape index (κ3) is 3.21. The Morgan fingerprint density at radius 1 is 0.808 bits per heavy atom. The first-order chi connectivity index (χ1) is 12.6. The third-order valence-electron chi connectivity index (χ3n) is 4.72. The molecule has 0 N–H and O–H groups in total. The van der Waals surface area contributed by atoms with E-state index < -0.39 is 0 Å². The average molecular weight is 339 g/mol.